The molecule has 0 aromatic rings. The Morgan fingerprint density at radius 1 is 1.00 bits per heavy atom. The molecule has 0 atom stereocenters. The van der Waals surface area contributed by atoms with Crippen LogP contribution in [0.1, 0.15) is 19.3 Å². The van der Waals surface area contributed by atoms with Crippen molar-refractivity contribution in [3.8, 4) is 0 Å². The molecule has 0 aromatic heterocycles. The van der Waals surface area contributed by atoms with E-state index in [9.17, 15) is 14.4 Å². The molecule has 0 aliphatic carbocycles. The standard InChI is InChI=1S/C13H22O6Si/c1-17-11(14)8-9-12(15)18-10-6-5-7-13(16)19-20(2,3)4/h8-9H,5-7,10H2,1-4H3/b9-8+. The van der Waals surface area contributed by atoms with Gasteiger partial charge in [-0.2, -0.15) is 0 Å². The SMILES string of the molecule is COC(=O)/C=C/C(=O)OCCCCC(=O)O[Si](C)(C)C. The highest BCUT2D eigenvalue weighted by Gasteiger charge is 2.19. The molecule has 0 heterocycles. The molecule has 0 saturated carbocycles. The smallest absolute Gasteiger partial charge is 0.331 e. The minimum atomic E-state index is -1.82. The first-order valence-corrected chi connectivity index (χ1v) is 9.80. The predicted octanol–water partition coefficient (Wildman–Crippen LogP) is 1.81. The number of ether oxygens (including phenoxy) is 2. The summed E-state index contributed by atoms with van der Waals surface area (Å²) in [6.07, 6.45) is 3.48. The molecule has 6 nitrogen and oxygen atoms in total. The molecule has 0 bridgehead atoms. The first kappa shape index (κ1) is 18.4. The average molecular weight is 302 g/mol. The molecule has 7 heteroatoms. The summed E-state index contributed by atoms with van der Waals surface area (Å²) >= 11 is 0. The van der Waals surface area contributed by atoms with Gasteiger partial charge in [0.05, 0.1) is 13.7 Å². The Bertz CT molecular complexity index is 370. The van der Waals surface area contributed by atoms with Crippen LogP contribution in [0.15, 0.2) is 12.2 Å². The summed E-state index contributed by atoms with van der Waals surface area (Å²) < 4.78 is 14.4. The normalized spacial score (nSPS) is 11.2. The second kappa shape index (κ2) is 9.30. The van der Waals surface area contributed by atoms with Crippen LogP contribution in [-0.2, 0) is 28.3 Å². The van der Waals surface area contributed by atoms with Gasteiger partial charge in [-0.3, -0.25) is 4.79 Å². The van der Waals surface area contributed by atoms with Crippen LogP contribution in [0.5, 0.6) is 0 Å². The monoisotopic (exact) mass is 302 g/mol. The fraction of sp³-hybridized carbons (Fsp3) is 0.615. The zero-order chi connectivity index (χ0) is 15.6. The third kappa shape index (κ3) is 11.5. The zero-order valence-corrected chi connectivity index (χ0v) is 13.4. The van der Waals surface area contributed by atoms with Crippen LogP contribution in [0.25, 0.3) is 0 Å². The quantitative estimate of drug-likeness (QED) is 0.294. The van der Waals surface area contributed by atoms with E-state index in [1.54, 1.807) is 0 Å². The Balaban J connectivity index is 3.67. The van der Waals surface area contributed by atoms with Gasteiger partial charge in [0.25, 0.3) is 5.97 Å². The topological polar surface area (TPSA) is 78.9 Å². The lowest BCUT2D eigenvalue weighted by atomic mass is 10.2. The van der Waals surface area contributed by atoms with Gasteiger partial charge in [0, 0.05) is 18.6 Å². The van der Waals surface area contributed by atoms with Gasteiger partial charge < -0.3 is 13.9 Å². The Morgan fingerprint density at radius 2 is 1.60 bits per heavy atom. The van der Waals surface area contributed by atoms with Crippen molar-refractivity contribution < 1.29 is 28.3 Å². The van der Waals surface area contributed by atoms with Crippen molar-refractivity contribution >= 4 is 26.2 Å². The highest BCUT2D eigenvalue weighted by atomic mass is 28.4. The molecule has 0 N–H and O–H groups in total. The molecular weight excluding hydrogens is 280 g/mol. The molecule has 0 unspecified atom stereocenters. The summed E-state index contributed by atoms with van der Waals surface area (Å²) in [5.41, 5.74) is 0. The lowest BCUT2D eigenvalue weighted by Crippen LogP contribution is -2.29. The first-order chi connectivity index (χ1) is 9.24. The van der Waals surface area contributed by atoms with Crippen molar-refractivity contribution in [3.63, 3.8) is 0 Å². The van der Waals surface area contributed by atoms with E-state index >= 15 is 0 Å². The Kier molecular flexibility index (Phi) is 8.54. The van der Waals surface area contributed by atoms with E-state index in [4.69, 9.17) is 9.16 Å². The maximum Gasteiger partial charge on any atom is 0.331 e. The Morgan fingerprint density at radius 3 is 2.15 bits per heavy atom. The van der Waals surface area contributed by atoms with E-state index < -0.39 is 20.3 Å². The Hall–Kier alpha value is -1.63. The predicted molar refractivity (Wildman–Crippen MR) is 75.4 cm³/mol. The molecule has 0 rings (SSSR count). The fourth-order valence-corrected chi connectivity index (χ4v) is 1.97. The summed E-state index contributed by atoms with van der Waals surface area (Å²) in [5, 5.41) is 0. The van der Waals surface area contributed by atoms with Crippen LogP contribution >= 0.6 is 0 Å². The second-order valence-electron chi connectivity index (χ2n) is 5.07. The highest BCUT2D eigenvalue weighted by molar-refractivity contribution is 6.71. The van der Waals surface area contributed by atoms with E-state index in [2.05, 4.69) is 4.74 Å². The highest BCUT2D eigenvalue weighted by Crippen LogP contribution is 2.06. The van der Waals surface area contributed by atoms with Crippen molar-refractivity contribution in [2.75, 3.05) is 13.7 Å². The summed E-state index contributed by atoms with van der Waals surface area (Å²) in [7, 11) is -0.600. The maximum atomic E-state index is 11.4. The first-order valence-electron chi connectivity index (χ1n) is 6.39. The van der Waals surface area contributed by atoms with E-state index in [0.29, 0.717) is 19.3 Å². The average Bonchev–Trinajstić information content (AvgIpc) is 2.33. The maximum absolute atomic E-state index is 11.4. The molecule has 20 heavy (non-hydrogen) atoms. The van der Waals surface area contributed by atoms with Gasteiger partial charge >= 0.3 is 11.9 Å². The van der Waals surface area contributed by atoms with Crippen molar-refractivity contribution in [3.05, 3.63) is 12.2 Å². The Labute approximate surface area is 120 Å². The number of carbonyl (C=O) groups excluding carboxylic acids is 3. The number of hydrogen-bond donors (Lipinski definition) is 0. The molecule has 114 valence electrons. The van der Waals surface area contributed by atoms with Gasteiger partial charge in [-0.1, -0.05) is 0 Å². The van der Waals surface area contributed by atoms with Gasteiger partial charge in [0.15, 0.2) is 0 Å². The molecule has 0 radical (unpaired) electrons. The zero-order valence-electron chi connectivity index (χ0n) is 12.4. The van der Waals surface area contributed by atoms with E-state index in [1.165, 1.54) is 7.11 Å². The third-order valence-electron chi connectivity index (χ3n) is 2.00. The molecule has 0 aliphatic rings. The van der Waals surface area contributed by atoms with Crippen molar-refractivity contribution in [2.45, 2.75) is 38.9 Å². The van der Waals surface area contributed by atoms with Crippen LogP contribution in [0.3, 0.4) is 0 Å². The summed E-state index contributed by atoms with van der Waals surface area (Å²) in [5.74, 6) is -1.43. The molecule has 0 saturated heterocycles. The van der Waals surface area contributed by atoms with E-state index in [1.807, 2.05) is 19.6 Å². The fourth-order valence-electron chi connectivity index (χ4n) is 1.19. The number of rotatable bonds is 8. The summed E-state index contributed by atoms with van der Waals surface area (Å²) in [6.45, 7) is 6.03. The molecule has 0 aromatic carbocycles. The van der Waals surface area contributed by atoms with Crippen LogP contribution in [0, 0.1) is 0 Å². The van der Waals surface area contributed by atoms with Gasteiger partial charge in [0.2, 0.25) is 8.32 Å². The number of methoxy groups -OCH3 is 1. The summed E-state index contributed by atoms with van der Waals surface area (Å²) in [4.78, 5) is 33.3. The number of hydrogen-bond acceptors (Lipinski definition) is 6. The van der Waals surface area contributed by atoms with Crippen molar-refractivity contribution in [2.24, 2.45) is 0 Å². The van der Waals surface area contributed by atoms with Crippen LogP contribution in [0.2, 0.25) is 19.6 Å². The van der Waals surface area contributed by atoms with Gasteiger partial charge in [-0.05, 0) is 32.5 Å². The van der Waals surface area contributed by atoms with Crippen LogP contribution in [-0.4, -0.2) is 39.9 Å². The largest absolute Gasteiger partial charge is 0.520 e. The number of esters is 2. The number of carbonyl (C=O) groups is 3. The molecular formula is C13H22O6Si. The molecule has 0 amide bonds. The lowest BCUT2D eigenvalue weighted by molar-refractivity contribution is -0.139. The minimum absolute atomic E-state index is 0.199. The molecule has 0 aliphatic heterocycles. The van der Waals surface area contributed by atoms with Gasteiger partial charge in [-0.25, -0.2) is 9.59 Å². The van der Waals surface area contributed by atoms with Crippen molar-refractivity contribution in [1.82, 2.24) is 0 Å². The van der Waals surface area contributed by atoms with Gasteiger partial charge in [0.1, 0.15) is 0 Å². The van der Waals surface area contributed by atoms with Crippen LogP contribution < -0.4 is 0 Å². The minimum Gasteiger partial charge on any atom is -0.520 e. The lowest BCUT2D eigenvalue weighted by Gasteiger charge is -2.17. The van der Waals surface area contributed by atoms with E-state index in [0.717, 1.165) is 12.2 Å². The second-order valence-corrected chi connectivity index (χ2v) is 9.50. The van der Waals surface area contributed by atoms with E-state index in [-0.39, 0.29) is 12.6 Å². The number of unbranched alkanes of at least 4 members (excludes halogenated alkanes) is 1. The van der Waals surface area contributed by atoms with Crippen molar-refractivity contribution in [1.29, 1.82) is 0 Å². The summed E-state index contributed by atoms with van der Waals surface area (Å²) in [6, 6.07) is 0. The molecule has 0 fully saturated rings. The van der Waals surface area contributed by atoms with Gasteiger partial charge in [-0.15, -0.1) is 0 Å². The third-order valence-corrected chi connectivity index (χ3v) is 2.84. The van der Waals surface area contributed by atoms with Crippen LogP contribution in [0.4, 0.5) is 0 Å². The molecule has 0 spiro atoms.